The van der Waals surface area contributed by atoms with Crippen LogP contribution in [0.5, 0.6) is 5.75 Å². The number of amides is 2. The van der Waals surface area contributed by atoms with Gasteiger partial charge in [0.1, 0.15) is 12.4 Å². The second-order valence-electron chi connectivity index (χ2n) is 4.10. The summed E-state index contributed by atoms with van der Waals surface area (Å²) in [5.41, 5.74) is 5.12. The van der Waals surface area contributed by atoms with Gasteiger partial charge < -0.3 is 20.7 Å². The molecule has 0 aliphatic rings. The molecular formula is C13H18ClN3O3. The highest BCUT2D eigenvalue weighted by Crippen LogP contribution is 2.16. The maximum Gasteiger partial charge on any atom is 0.241 e. The molecule has 0 unspecified atom stereocenters. The molecule has 7 heteroatoms. The lowest BCUT2D eigenvalue weighted by Gasteiger charge is -2.17. The van der Waals surface area contributed by atoms with Crippen LogP contribution in [0.4, 0.5) is 0 Å². The maximum absolute atomic E-state index is 11.7. The molecule has 0 saturated carbocycles. The Hall–Kier alpha value is -1.79. The molecule has 20 heavy (non-hydrogen) atoms. The van der Waals surface area contributed by atoms with Crippen LogP contribution in [0.2, 0.25) is 5.02 Å². The van der Waals surface area contributed by atoms with E-state index in [-0.39, 0.29) is 24.9 Å². The third kappa shape index (κ3) is 5.90. The highest BCUT2D eigenvalue weighted by molar-refractivity contribution is 6.30. The molecule has 1 rings (SSSR count). The molecular weight excluding hydrogens is 282 g/mol. The van der Waals surface area contributed by atoms with E-state index < -0.39 is 0 Å². The van der Waals surface area contributed by atoms with Crippen LogP contribution in [0.3, 0.4) is 0 Å². The predicted molar refractivity (Wildman–Crippen MR) is 76.6 cm³/mol. The standard InChI is InChI=1S/C13H18ClN3O3/c1-17(13(19)9-16-12(18)8-15)5-6-20-11-4-2-3-10(14)7-11/h2-4,7H,5-6,8-9,15H2,1H3,(H,16,18). The molecule has 0 bridgehead atoms. The SMILES string of the molecule is CN(CCOc1cccc(Cl)c1)C(=O)CNC(=O)CN. The van der Waals surface area contributed by atoms with Crippen molar-refractivity contribution in [3.8, 4) is 5.75 Å². The van der Waals surface area contributed by atoms with Crippen molar-refractivity contribution in [2.45, 2.75) is 0 Å². The smallest absolute Gasteiger partial charge is 0.241 e. The Bertz CT molecular complexity index is 468. The van der Waals surface area contributed by atoms with Crippen molar-refractivity contribution in [2.24, 2.45) is 5.73 Å². The van der Waals surface area contributed by atoms with Gasteiger partial charge in [-0.05, 0) is 18.2 Å². The van der Waals surface area contributed by atoms with E-state index in [4.69, 9.17) is 22.1 Å². The lowest BCUT2D eigenvalue weighted by molar-refractivity contribution is -0.131. The highest BCUT2D eigenvalue weighted by atomic mass is 35.5. The van der Waals surface area contributed by atoms with E-state index in [1.54, 1.807) is 31.3 Å². The average molecular weight is 300 g/mol. The second-order valence-corrected chi connectivity index (χ2v) is 4.54. The number of hydrogen-bond donors (Lipinski definition) is 2. The molecule has 3 N–H and O–H groups in total. The first kappa shape index (κ1) is 16.3. The van der Waals surface area contributed by atoms with Gasteiger partial charge in [0.2, 0.25) is 11.8 Å². The Kier molecular flexibility index (Phi) is 6.83. The van der Waals surface area contributed by atoms with E-state index in [2.05, 4.69) is 5.32 Å². The first-order valence-electron chi connectivity index (χ1n) is 6.12. The molecule has 0 saturated heterocycles. The van der Waals surface area contributed by atoms with Gasteiger partial charge in [0.15, 0.2) is 0 Å². The molecule has 0 aliphatic carbocycles. The number of halogens is 1. The molecule has 1 aromatic carbocycles. The minimum absolute atomic E-state index is 0.0658. The summed E-state index contributed by atoms with van der Waals surface area (Å²) in [7, 11) is 1.64. The molecule has 0 fully saturated rings. The van der Waals surface area contributed by atoms with Gasteiger partial charge >= 0.3 is 0 Å². The van der Waals surface area contributed by atoms with Crippen LogP contribution in [0.15, 0.2) is 24.3 Å². The molecule has 0 radical (unpaired) electrons. The van der Waals surface area contributed by atoms with Gasteiger partial charge in [-0.3, -0.25) is 9.59 Å². The first-order chi connectivity index (χ1) is 9.52. The van der Waals surface area contributed by atoms with Crippen LogP contribution in [-0.4, -0.2) is 50.0 Å². The summed E-state index contributed by atoms with van der Waals surface area (Å²) in [4.78, 5) is 24.1. The Morgan fingerprint density at radius 2 is 2.20 bits per heavy atom. The van der Waals surface area contributed by atoms with Gasteiger partial charge in [-0.2, -0.15) is 0 Å². The number of benzene rings is 1. The molecule has 2 amide bonds. The Labute approximate surface area is 122 Å². The summed E-state index contributed by atoms with van der Waals surface area (Å²) in [6, 6.07) is 7.03. The highest BCUT2D eigenvalue weighted by Gasteiger charge is 2.09. The van der Waals surface area contributed by atoms with Crippen molar-refractivity contribution in [1.82, 2.24) is 10.2 Å². The van der Waals surface area contributed by atoms with Crippen LogP contribution in [-0.2, 0) is 9.59 Å². The van der Waals surface area contributed by atoms with Crippen molar-refractivity contribution in [2.75, 3.05) is 33.3 Å². The monoisotopic (exact) mass is 299 g/mol. The van der Waals surface area contributed by atoms with Crippen molar-refractivity contribution < 1.29 is 14.3 Å². The molecule has 0 aromatic heterocycles. The van der Waals surface area contributed by atoms with Gasteiger partial charge in [-0.15, -0.1) is 0 Å². The van der Waals surface area contributed by atoms with Gasteiger partial charge in [0, 0.05) is 12.1 Å². The van der Waals surface area contributed by atoms with E-state index in [9.17, 15) is 9.59 Å². The summed E-state index contributed by atoms with van der Waals surface area (Å²) in [6.07, 6.45) is 0. The summed E-state index contributed by atoms with van der Waals surface area (Å²) in [6.45, 7) is 0.551. The number of ether oxygens (including phenoxy) is 1. The quantitative estimate of drug-likeness (QED) is 0.756. The Morgan fingerprint density at radius 3 is 2.85 bits per heavy atom. The summed E-state index contributed by atoms with van der Waals surface area (Å²) < 4.78 is 5.47. The average Bonchev–Trinajstić information content (AvgIpc) is 2.44. The molecule has 0 spiro atoms. The second kappa shape index (κ2) is 8.39. The van der Waals surface area contributed by atoms with Crippen LogP contribution < -0.4 is 15.8 Å². The minimum atomic E-state index is -0.359. The Balaban J connectivity index is 2.27. The van der Waals surface area contributed by atoms with Crippen LogP contribution in [0.1, 0.15) is 0 Å². The molecule has 0 aliphatic heterocycles. The number of nitrogens with zero attached hydrogens (tertiary/aromatic N) is 1. The molecule has 110 valence electrons. The Morgan fingerprint density at radius 1 is 1.45 bits per heavy atom. The number of nitrogens with two attached hydrogens (primary N) is 1. The van der Waals surface area contributed by atoms with E-state index in [0.29, 0.717) is 23.9 Å². The summed E-state index contributed by atoms with van der Waals surface area (Å²) in [5.74, 6) is 0.0817. The normalized spacial score (nSPS) is 9.95. The fraction of sp³-hybridized carbons (Fsp3) is 0.385. The number of rotatable bonds is 7. The lowest BCUT2D eigenvalue weighted by atomic mass is 10.3. The van der Waals surface area contributed by atoms with E-state index in [1.165, 1.54) is 4.90 Å². The van der Waals surface area contributed by atoms with Gasteiger partial charge in [0.25, 0.3) is 0 Å². The predicted octanol–water partition coefficient (Wildman–Crippen LogP) is 0.252. The van der Waals surface area contributed by atoms with Crippen molar-refractivity contribution in [3.05, 3.63) is 29.3 Å². The molecule has 0 heterocycles. The number of hydrogen-bond acceptors (Lipinski definition) is 4. The number of likely N-dealkylation sites (N-methyl/N-ethyl adjacent to an activating group) is 1. The third-order valence-corrected chi connectivity index (χ3v) is 2.77. The topological polar surface area (TPSA) is 84.7 Å². The van der Waals surface area contributed by atoms with Gasteiger partial charge in [-0.25, -0.2) is 0 Å². The summed E-state index contributed by atoms with van der Waals surface area (Å²) >= 11 is 5.83. The van der Waals surface area contributed by atoms with Gasteiger partial charge in [0.05, 0.1) is 19.6 Å². The van der Waals surface area contributed by atoms with Gasteiger partial charge in [-0.1, -0.05) is 17.7 Å². The largest absolute Gasteiger partial charge is 0.492 e. The number of nitrogens with one attached hydrogen (secondary N) is 1. The first-order valence-corrected chi connectivity index (χ1v) is 6.50. The fourth-order valence-corrected chi connectivity index (χ4v) is 1.54. The number of carbonyl (C=O) groups excluding carboxylic acids is 2. The molecule has 6 nitrogen and oxygen atoms in total. The fourth-order valence-electron chi connectivity index (χ4n) is 1.36. The maximum atomic E-state index is 11.7. The molecule has 1 aromatic rings. The summed E-state index contributed by atoms with van der Waals surface area (Å²) in [5, 5.41) is 3.01. The van der Waals surface area contributed by atoms with Crippen LogP contribution in [0, 0.1) is 0 Å². The van der Waals surface area contributed by atoms with E-state index in [0.717, 1.165) is 0 Å². The van der Waals surface area contributed by atoms with Crippen LogP contribution in [0.25, 0.3) is 0 Å². The lowest BCUT2D eigenvalue weighted by Crippen LogP contribution is -2.41. The third-order valence-electron chi connectivity index (χ3n) is 2.54. The van der Waals surface area contributed by atoms with Crippen molar-refractivity contribution in [1.29, 1.82) is 0 Å². The number of carbonyl (C=O) groups is 2. The van der Waals surface area contributed by atoms with Crippen LogP contribution >= 0.6 is 11.6 Å². The van der Waals surface area contributed by atoms with E-state index >= 15 is 0 Å². The van der Waals surface area contributed by atoms with Crippen molar-refractivity contribution in [3.63, 3.8) is 0 Å². The molecule has 0 atom stereocenters. The minimum Gasteiger partial charge on any atom is -0.492 e. The zero-order chi connectivity index (χ0) is 15.0. The van der Waals surface area contributed by atoms with E-state index in [1.807, 2.05) is 0 Å². The zero-order valence-electron chi connectivity index (χ0n) is 11.3. The van der Waals surface area contributed by atoms with Crippen molar-refractivity contribution >= 4 is 23.4 Å². The zero-order valence-corrected chi connectivity index (χ0v) is 12.0.